The van der Waals surface area contributed by atoms with Crippen LogP contribution in [-0.2, 0) is 4.79 Å². The summed E-state index contributed by atoms with van der Waals surface area (Å²) in [5.74, 6) is 1.72. The fourth-order valence-corrected chi connectivity index (χ4v) is 8.70. The first-order valence-electron chi connectivity index (χ1n) is 11.9. The number of hydrogen-bond acceptors (Lipinski definition) is 4. The average Bonchev–Trinajstić information content (AvgIpc) is 3.01. The molecule has 5 nitrogen and oxygen atoms in total. The number of aliphatic hydroxyl groups is 3. The molecule has 0 aromatic heterocycles. The van der Waals surface area contributed by atoms with Crippen LogP contribution >= 0.6 is 0 Å². The Morgan fingerprint density at radius 1 is 1.07 bits per heavy atom. The zero-order chi connectivity index (χ0) is 21.1. The van der Waals surface area contributed by atoms with Gasteiger partial charge in [-0.1, -0.05) is 20.8 Å². The average molecular weight is 408 g/mol. The molecule has 0 saturated heterocycles. The number of primary amides is 1. The zero-order valence-corrected chi connectivity index (χ0v) is 18.4. The first-order chi connectivity index (χ1) is 13.6. The second kappa shape index (κ2) is 7.49. The molecule has 166 valence electrons. The number of amides is 1. The van der Waals surface area contributed by atoms with Gasteiger partial charge in [0.2, 0.25) is 5.91 Å². The van der Waals surface area contributed by atoms with Crippen LogP contribution in [0.3, 0.4) is 0 Å². The fourth-order valence-electron chi connectivity index (χ4n) is 8.70. The molecule has 4 aliphatic rings. The predicted octanol–water partition coefficient (Wildman–Crippen LogP) is 2.85. The van der Waals surface area contributed by atoms with Gasteiger partial charge in [0.25, 0.3) is 0 Å². The van der Waals surface area contributed by atoms with Gasteiger partial charge in [0, 0.05) is 6.42 Å². The van der Waals surface area contributed by atoms with Crippen LogP contribution in [-0.4, -0.2) is 39.5 Å². The minimum atomic E-state index is -0.369. The van der Waals surface area contributed by atoms with E-state index in [-0.39, 0.29) is 41.0 Å². The van der Waals surface area contributed by atoms with E-state index in [4.69, 9.17) is 5.73 Å². The van der Waals surface area contributed by atoms with Gasteiger partial charge < -0.3 is 21.1 Å². The molecule has 0 aliphatic heterocycles. The van der Waals surface area contributed by atoms with E-state index in [0.29, 0.717) is 36.0 Å². The second-order valence-corrected chi connectivity index (χ2v) is 11.5. The zero-order valence-electron chi connectivity index (χ0n) is 18.4. The minimum absolute atomic E-state index is 0.112. The number of fused-ring (bicyclic) bond motifs is 5. The SMILES string of the molecule is C[C@@H](CCC(N)=O)[C@H]1CC[C@H]2[C@@H]3[C@H](O)C[C@@H]4C[C@H](O)CC[C@]4(C)[C@H]3C[C@H](O)[C@]12C. The van der Waals surface area contributed by atoms with Crippen LogP contribution in [0.4, 0.5) is 0 Å². The third-order valence-corrected chi connectivity index (χ3v) is 10.4. The van der Waals surface area contributed by atoms with Crippen molar-refractivity contribution >= 4 is 5.91 Å². The van der Waals surface area contributed by atoms with E-state index < -0.39 is 0 Å². The molecule has 0 unspecified atom stereocenters. The number of hydrogen-bond donors (Lipinski definition) is 4. The summed E-state index contributed by atoms with van der Waals surface area (Å²) >= 11 is 0. The first-order valence-corrected chi connectivity index (χ1v) is 11.9. The maximum Gasteiger partial charge on any atom is 0.217 e. The standard InChI is InChI=1S/C24H41NO4/c1-13(4-7-21(25)29)16-5-6-17-22-18(12-20(28)24(16,17)3)23(2)9-8-15(26)10-14(23)11-19(22)27/h13-20,22,26-28H,4-12H2,1-3H3,(H2,25,29)/t13-,14-,15+,16+,17-,18-,19+,20-,22-,23-,24+/m0/s1. The van der Waals surface area contributed by atoms with Crippen molar-refractivity contribution in [2.75, 3.05) is 0 Å². The number of nitrogens with two attached hydrogens (primary N) is 1. The highest BCUT2D eigenvalue weighted by atomic mass is 16.3. The highest BCUT2D eigenvalue weighted by molar-refractivity contribution is 5.73. The van der Waals surface area contributed by atoms with Gasteiger partial charge in [-0.15, -0.1) is 0 Å². The van der Waals surface area contributed by atoms with E-state index in [1.54, 1.807) is 0 Å². The van der Waals surface area contributed by atoms with E-state index in [0.717, 1.165) is 51.4 Å². The first kappa shape index (κ1) is 21.6. The molecule has 5 N–H and O–H groups in total. The third-order valence-electron chi connectivity index (χ3n) is 10.4. The Morgan fingerprint density at radius 3 is 2.48 bits per heavy atom. The van der Waals surface area contributed by atoms with Gasteiger partial charge in [-0.2, -0.15) is 0 Å². The van der Waals surface area contributed by atoms with Crippen LogP contribution in [0.15, 0.2) is 0 Å². The lowest BCUT2D eigenvalue weighted by Gasteiger charge is -2.63. The minimum Gasteiger partial charge on any atom is -0.393 e. The lowest BCUT2D eigenvalue weighted by molar-refractivity contribution is -0.207. The van der Waals surface area contributed by atoms with Crippen molar-refractivity contribution < 1.29 is 20.1 Å². The van der Waals surface area contributed by atoms with Crippen LogP contribution in [0.5, 0.6) is 0 Å². The third kappa shape index (κ3) is 3.27. The van der Waals surface area contributed by atoms with E-state index in [1.165, 1.54) is 0 Å². The highest BCUT2D eigenvalue weighted by Crippen LogP contribution is 2.68. The van der Waals surface area contributed by atoms with Gasteiger partial charge in [-0.3, -0.25) is 4.79 Å². The molecule has 0 radical (unpaired) electrons. The molecule has 4 rings (SSSR count). The monoisotopic (exact) mass is 407 g/mol. The molecule has 1 amide bonds. The van der Waals surface area contributed by atoms with Gasteiger partial charge in [0.1, 0.15) is 0 Å². The summed E-state index contributed by atoms with van der Waals surface area (Å²) in [6.07, 6.45) is 6.56. The fraction of sp³-hybridized carbons (Fsp3) is 0.958. The number of aliphatic hydroxyl groups excluding tert-OH is 3. The Bertz CT molecular complexity index is 640. The van der Waals surface area contributed by atoms with Crippen LogP contribution in [0, 0.1) is 46.3 Å². The van der Waals surface area contributed by atoms with Crippen molar-refractivity contribution in [2.24, 2.45) is 52.1 Å². The molecule has 0 aromatic rings. The summed E-state index contributed by atoms with van der Waals surface area (Å²) in [6.45, 7) is 6.82. The second-order valence-electron chi connectivity index (χ2n) is 11.5. The van der Waals surface area contributed by atoms with E-state index >= 15 is 0 Å². The van der Waals surface area contributed by atoms with Crippen LogP contribution < -0.4 is 5.73 Å². The Hall–Kier alpha value is -0.650. The maximum atomic E-state index is 11.5. The Morgan fingerprint density at radius 2 is 1.79 bits per heavy atom. The number of rotatable bonds is 4. The van der Waals surface area contributed by atoms with Gasteiger partial charge in [-0.05, 0) is 97.7 Å². The topological polar surface area (TPSA) is 104 Å². The van der Waals surface area contributed by atoms with E-state index in [2.05, 4.69) is 20.8 Å². The molecule has 0 bridgehead atoms. The molecule has 29 heavy (non-hydrogen) atoms. The quantitative estimate of drug-likeness (QED) is 0.575. The van der Waals surface area contributed by atoms with Crippen molar-refractivity contribution in [3.8, 4) is 0 Å². The summed E-state index contributed by atoms with van der Waals surface area (Å²) in [4.78, 5) is 11.3. The molecule has 4 saturated carbocycles. The van der Waals surface area contributed by atoms with Gasteiger partial charge >= 0.3 is 0 Å². The number of carbonyl (C=O) groups is 1. The summed E-state index contributed by atoms with van der Waals surface area (Å²) in [7, 11) is 0. The molecular weight excluding hydrogens is 366 g/mol. The van der Waals surface area contributed by atoms with Crippen LogP contribution in [0.2, 0.25) is 0 Å². The lowest BCUT2D eigenvalue weighted by Crippen LogP contribution is -2.62. The lowest BCUT2D eigenvalue weighted by atomic mass is 9.43. The van der Waals surface area contributed by atoms with Crippen molar-refractivity contribution in [2.45, 2.75) is 96.9 Å². The highest BCUT2D eigenvalue weighted by Gasteiger charge is 2.65. The molecular formula is C24H41NO4. The Kier molecular flexibility index (Phi) is 5.57. The van der Waals surface area contributed by atoms with Gasteiger partial charge in [0.15, 0.2) is 0 Å². The summed E-state index contributed by atoms with van der Waals surface area (Å²) < 4.78 is 0. The summed E-state index contributed by atoms with van der Waals surface area (Å²) in [5, 5.41) is 33.0. The predicted molar refractivity (Wildman–Crippen MR) is 112 cm³/mol. The van der Waals surface area contributed by atoms with Gasteiger partial charge in [0.05, 0.1) is 18.3 Å². The van der Waals surface area contributed by atoms with E-state index in [9.17, 15) is 20.1 Å². The summed E-state index contributed by atoms with van der Waals surface area (Å²) in [6, 6.07) is 0. The normalized spacial score (nSPS) is 52.9. The molecule has 0 spiro atoms. The van der Waals surface area contributed by atoms with Crippen LogP contribution in [0.1, 0.15) is 78.6 Å². The van der Waals surface area contributed by atoms with E-state index in [1.807, 2.05) is 0 Å². The Balaban J connectivity index is 1.61. The number of carbonyl (C=O) groups excluding carboxylic acids is 1. The molecule has 4 fully saturated rings. The maximum absolute atomic E-state index is 11.5. The molecule has 5 heteroatoms. The smallest absolute Gasteiger partial charge is 0.217 e. The van der Waals surface area contributed by atoms with Gasteiger partial charge in [-0.25, -0.2) is 0 Å². The molecule has 4 aliphatic carbocycles. The van der Waals surface area contributed by atoms with Crippen molar-refractivity contribution in [1.82, 2.24) is 0 Å². The van der Waals surface area contributed by atoms with Crippen molar-refractivity contribution in [3.63, 3.8) is 0 Å². The molecule has 11 atom stereocenters. The van der Waals surface area contributed by atoms with Crippen LogP contribution in [0.25, 0.3) is 0 Å². The molecule has 0 heterocycles. The summed E-state index contributed by atoms with van der Waals surface area (Å²) in [5.41, 5.74) is 5.30. The van der Waals surface area contributed by atoms with Crippen molar-refractivity contribution in [3.05, 3.63) is 0 Å². The largest absolute Gasteiger partial charge is 0.393 e. The Labute approximate surface area is 175 Å². The van der Waals surface area contributed by atoms with Crippen molar-refractivity contribution in [1.29, 1.82) is 0 Å². The molecule has 0 aromatic carbocycles.